The van der Waals surface area contributed by atoms with E-state index in [4.69, 9.17) is 4.98 Å². The summed E-state index contributed by atoms with van der Waals surface area (Å²) in [5.74, 6) is 0. The molecule has 0 amide bonds. The van der Waals surface area contributed by atoms with Gasteiger partial charge in [0.05, 0.1) is 50.9 Å². The molecule has 0 aliphatic heterocycles. The molecule has 0 spiro atoms. The highest BCUT2D eigenvalue weighted by atomic mass is 32.1. The molecule has 0 N–H and O–H groups in total. The molecule has 62 heavy (non-hydrogen) atoms. The lowest BCUT2D eigenvalue weighted by Gasteiger charge is -2.14. The number of hydrogen-bond acceptors (Lipinski definition) is 5. The third-order valence-electron chi connectivity index (χ3n) is 12.6. The molecule has 288 valence electrons. The Balaban J connectivity index is 1.09. The van der Waals surface area contributed by atoms with Crippen LogP contribution < -0.4 is 0 Å². The largest absolute Gasteiger partial charge is 0.309 e. The van der Waals surface area contributed by atoms with Crippen LogP contribution in [0, 0.1) is 0 Å². The second-order valence-electron chi connectivity index (χ2n) is 16.0. The highest BCUT2D eigenvalue weighted by Crippen LogP contribution is 2.44. The molecule has 5 nitrogen and oxygen atoms in total. The number of benzene rings is 8. The zero-order valence-electron chi connectivity index (χ0n) is 33.0. The zero-order chi connectivity index (χ0) is 40.5. The van der Waals surface area contributed by atoms with Crippen LogP contribution in [0.4, 0.5) is 0 Å². The molecule has 14 rings (SSSR count). The van der Waals surface area contributed by atoms with E-state index in [1.807, 2.05) is 28.7 Å². The van der Waals surface area contributed by atoms with Gasteiger partial charge in [-0.3, -0.25) is 0 Å². The molecule has 7 heteroatoms. The van der Waals surface area contributed by atoms with Gasteiger partial charge < -0.3 is 9.13 Å². The summed E-state index contributed by atoms with van der Waals surface area (Å²) < 4.78 is 10.0. The zero-order valence-corrected chi connectivity index (χ0v) is 34.6. The first-order chi connectivity index (χ1) is 30.7. The maximum absolute atomic E-state index is 5.55. The van der Waals surface area contributed by atoms with E-state index in [1.165, 1.54) is 67.4 Å². The molecule has 0 saturated heterocycles. The summed E-state index contributed by atoms with van der Waals surface area (Å²) in [6.07, 6.45) is 1.75. The topological polar surface area (TPSA) is 48.5 Å². The molecule has 14 aromatic rings. The van der Waals surface area contributed by atoms with E-state index in [1.54, 1.807) is 6.20 Å². The van der Waals surface area contributed by atoms with Crippen LogP contribution in [-0.4, -0.2) is 24.3 Å². The van der Waals surface area contributed by atoms with Gasteiger partial charge in [-0.25, -0.2) is 4.98 Å². The molecule has 8 aromatic carbocycles. The highest BCUT2D eigenvalue weighted by Gasteiger charge is 2.22. The molecule has 0 aliphatic carbocycles. The van der Waals surface area contributed by atoms with E-state index in [0.717, 1.165) is 61.3 Å². The standard InChI is InChI=1S/C55H31N5S2/c1-5-13-47-37(9-1)40-21-22-49-54(41-12-2-6-14-48(41)59(49)35-20-17-32-25-26-56-58-46(32)29-35)55(40)60(47)36-30-44(33-18-23-52-42(27-33)38-10-3-7-15-50(38)61-52)57-45(31-36)34-19-24-53-43(28-34)39-11-4-8-16-51(39)62-53/h1-31H. The SMILES string of the molecule is c1ccc2c(c1)sc1ccc(-c3cc(-n4c5ccccc5c5ccc6c(c7ccccc7n6-c6ccc7ccnnc7c6)c54)cc(-c4ccc5sc6ccccc6c5c4)n3)cc12. The average Bonchev–Trinajstić information content (AvgIpc) is 4.08. The van der Waals surface area contributed by atoms with Crippen molar-refractivity contribution in [3.63, 3.8) is 0 Å². The minimum atomic E-state index is 0.866. The van der Waals surface area contributed by atoms with Gasteiger partial charge in [-0.1, -0.05) is 97.1 Å². The van der Waals surface area contributed by atoms with Gasteiger partial charge in [0, 0.05) is 84.1 Å². The summed E-state index contributed by atoms with van der Waals surface area (Å²) in [5, 5.41) is 19.6. The maximum Gasteiger partial charge on any atom is 0.0950 e. The van der Waals surface area contributed by atoms with Gasteiger partial charge >= 0.3 is 0 Å². The van der Waals surface area contributed by atoms with Crippen LogP contribution in [0.5, 0.6) is 0 Å². The monoisotopic (exact) mass is 825 g/mol. The number of rotatable bonds is 4. The number of para-hydroxylation sites is 2. The molecule has 0 fully saturated rings. The second kappa shape index (κ2) is 12.9. The first kappa shape index (κ1) is 34.0. The first-order valence-electron chi connectivity index (χ1n) is 20.7. The third-order valence-corrected chi connectivity index (χ3v) is 14.9. The number of hydrogen-bond donors (Lipinski definition) is 0. The average molecular weight is 826 g/mol. The minimum absolute atomic E-state index is 0.866. The Kier molecular flexibility index (Phi) is 7.08. The fourth-order valence-electron chi connectivity index (χ4n) is 9.87. The van der Waals surface area contributed by atoms with Gasteiger partial charge in [0.1, 0.15) is 0 Å². The molecule has 0 radical (unpaired) electrons. The lowest BCUT2D eigenvalue weighted by atomic mass is 10.0. The summed E-state index contributed by atoms with van der Waals surface area (Å²) in [7, 11) is 0. The molecule has 6 heterocycles. The van der Waals surface area contributed by atoms with Crippen LogP contribution in [-0.2, 0) is 0 Å². The Morgan fingerprint density at radius 1 is 0.387 bits per heavy atom. The van der Waals surface area contributed by atoms with Crippen molar-refractivity contribution in [2.45, 2.75) is 0 Å². The quantitative estimate of drug-likeness (QED) is 0.178. The van der Waals surface area contributed by atoms with Crippen LogP contribution in [0.1, 0.15) is 0 Å². The molecule has 0 unspecified atom stereocenters. The van der Waals surface area contributed by atoms with Gasteiger partial charge in [0.15, 0.2) is 0 Å². The number of thiophene rings is 2. The van der Waals surface area contributed by atoms with Gasteiger partial charge in [0.2, 0.25) is 0 Å². The summed E-state index contributed by atoms with van der Waals surface area (Å²) >= 11 is 3.69. The van der Waals surface area contributed by atoms with Gasteiger partial charge in [-0.2, -0.15) is 10.2 Å². The number of nitrogens with zero attached hydrogens (tertiary/aromatic N) is 5. The molecular formula is C55H31N5S2. The molecule has 0 aliphatic rings. The van der Waals surface area contributed by atoms with Crippen LogP contribution in [0.2, 0.25) is 0 Å². The predicted molar refractivity (Wildman–Crippen MR) is 263 cm³/mol. The first-order valence-corrected chi connectivity index (χ1v) is 22.4. The lowest BCUT2D eigenvalue weighted by Crippen LogP contribution is -1.99. The Labute approximate surface area is 362 Å². The van der Waals surface area contributed by atoms with Crippen LogP contribution in [0.3, 0.4) is 0 Å². The van der Waals surface area contributed by atoms with E-state index < -0.39 is 0 Å². The normalized spacial score (nSPS) is 12.2. The fourth-order valence-corrected chi connectivity index (χ4v) is 12.0. The number of pyridine rings is 1. The summed E-state index contributed by atoms with van der Waals surface area (Å²) in [6.45, 7) is 0. The second-order valence-corrected chi connectivity index (χ2v) is 18.2. The highest BCUT2D eigenvalue weighted by molar-refractivity contribution is 7.26. The van der Waals surface area contributed by atoms with E-state index >= 15 is 0 Å². The van der Waals surface area contributed by atoms with Crippen molar-refractivity contribution in [1.82, 2.24) is 24.3 Å². The van der Waals surface area contributed by atoms with Crippen LogP contribution in [0.15, 0.2) is 188 Å². The van der Waals surface area contributed by atoms with Crippen molar-refractivity contribution in [3.05, 3.63) is 188 Å². The predicted octanol–water partition coefficient (Wildman–Crippen LogP) is 15.3. The number of fused-ring (bicyclic) bond motifs is 14. The fraction of sp³-hybridized carbons (Fsp3) is 0. The Morgan fingerprint density at radius 3 is 1.68 bits per heavy atom. The van der Waals surface area contributed by atoms with E-state index in [2.05, 4.69) is 195 Å². The summed E-state index contributed by atoms with van der Waals surface area (Å²) in [6, 6.07) is 66.4. The van der Waals surface area contributed by atoms with E-state index in [-0.39, 0.29) is 0 Å². The van der Waals surface area contributed by atoms with E-state index in [9.17, 15) is 0 Å². The molecule has 0 saturated carbocycles. The molecule has 0 atom stereocenters. The smallest absolute Gasteiger partial charge is 0.0950 e. The van der Waals surface area contributed by atoms with Crippen LogP contribution >= 0.6 is 22.7 Å². The van der Waals surface area contributed by atoms with Crippen molar-refractivity contribution in [2.24, 2.45) is 0 Å². The van der Waals surface area contributed by atoms with Crippen molar-refractivity contribution < 1.29 is 0 Å². The minimum Gasteiger partial charge on any atom is -0.309 e. The lowest BCUT2D eigenvalue weighted by molar-refractivity contribution is 1.07. The van der Waals surface area contributed by atoms with Gasteiger partial charge in [0.25, 0.3) is 0 Å². The maximum atomic E-state index is 5.55. The molecule has 0 bridgehead atoms. The van der Waals surface area contributed by atoms with Gasteiger partial charge in [-0.15, -0.1) is 22.7 Å². The van der Waals surface area contributed by atoms with Crippen LogP contribution in [0.25, 0.3) is 129 Å². The van der Waals surface area contributed by atoms with Gasteiger partial charge in [-0.05, 0) is 84.9 Å². The van der Waals surface area contributed by atoms with Crippen molar-refractivity contribution >= 4 is 118 Å². The summed E-state index contributed by atoms with van der Waals surface area (Å²) in [4.78, 5) is 5.55. The van der Waals surface area contributed by atoms with Crippen molar-refractivity contribution in [2.75, 3.05) is 0 Å². The summed E-state index contributed by atoms with van der Waals surface area (Å²) in [5.41, 5.74) is 11.6. The van der Waals surface area contributed by atoms with Crippen molar-refractivity contribution in [1.29, 1.82) is 0 Å². The van der Waals surface area contributed by atoms with E-state index in [0.29, 0.717) is 0 Å². The Morgan fingerprint density at radius 2 is 0.984 bits per heavy atom. The Hall–Kier alpha value is -7.71. The number of aromatic nitrogens is 5. The Bertz CT molecular complexity index is 4050. The molecular weight excluding hydrogens is 795 g/mol. The third kappa shape index (κ3) is 4.92. The van der Waals surface area contributed by atoms with Crippen molar-refractivity contribution in [3.8, 4) is 33.9 Å². The molecule has 6 aromatic heterocycles.